The minimum Gasteiger partial charge on any atom is -0.481 e. The Morgan fingerprint density at radius 3 is 2.83 bits per heavy atom. The molecule has 1 amide bonds. The van der Waals surface area contributed by atoms with E-state index >= 15 is 0 Å². The van der Waals surface area contributed by atoms with E-state index < -0.39 is 5.97 Å². The zero-order valence-electron chi connectivity index (χ0n) is 9.89. The molecule has 1 aromatic rings. The van der Waals surface area contributed by atoms with Gasteiger partial charge in [0.25, 0.3) is 5.91 Å². The number of halogens is 1. The summed E-state index contributed by atoms with van der Waals surface area (Å²) in [5, 5.41) is 11.3. The molecule has 0 radical (unpaired) electrons. The lowest BCUT2D eigenvalue weighted by Gasteiger charge is -2.10. The molecule has 0 aliphatic rings. The van der Waals surface area contributed by atoms with Crippen LogP contribution in [0.15, 0.2) is 12.4 Å². The highest BCUT2D eigenvalue weighted by molar-refractivity contribution is 6.29. The molecule has 2 N–H and O–H groups in total. The molecule has 18 heavy (non-hydrogen) atoms. The smallest absolute Gasteiger partial charge is 0.303 e. The van der Waals surface area contributed by atoms with Crippen molar-refractivity contribution in [3.05, 3.63) is 23.2 Å². The van der Waals surface area contributed by atoms with Gasteiger partial charge in [0.1, 0.15) is 10.8 Å². The van der Waals surface area contributed by atoms with Crippen LogP contribution in [-0.2, 0) is 4.79 Å². The van der Waals surface area contributed by atoms with Crippen LogP contribution in [-0.4, -0.2) is 33.5 Å². The van der Waals surface area contributed by atoms with Gasteiger partial charge in [-0.3, -0.25) is 14.6 Å². The standard InChI is InChI=1S/C11H14ClN3O3/c1-7(2-3-10(16)17)4-14-11(18)8-5-13-6-9(12)15-8/h5-7H,2-4H2,1H3,(H,14,18)(H,16,17). The summed E-state index contributed by atoms with van der Waals surface area (Å²) in [6, 6.07) is 0. The molecule has 0 aliphatic heterocycles. The number of aliphatic carboxylic acids is 1. The Balaban J connectivity index is 2.39. The van der Waals surface area contributed by atoms with Crippen molar-refractivity contribution in [1.29, 1.82) is 0 Å². The van der Waals surface area contributed by atoms with Gasteiger partial charge in [-0.05, 0) is 12.3 Å². The number of carboxylic acids is 1. The Bertz CT molecular complexity index is 439. The number of hydrogen-bond donors (Lipinski definition) is 2. The van der Waals surface area contributed by atoms with Gasteiger partial charge >= 0.3 is 5.97 Å². The summed E-state index contributed by atoms with van der Waals surface area (Å²) >= 11 is 5.62. The minimum absolute atomic E-state index is 0.0807. The fourth-order valence-corrected chi connectivity index (χ4v) is 1.43. The average Bonchev–Trinajstić information content (AvgIpc) is 2.33. The Labute approximate surface area is 109 Å². The molecular formula is C11H14ClN3O3. The SMILES string of the molecule is CC(CCC(=O)O)CNC(=O)c1cncc(Cl)n1. The van der Waals surface area contributed by atoms with Gasteiger partial charge in [0, 0.05) is 13.0 Å². The fourth-order valence-electron chi connectivity index (χ4n) is 1.28. The number of carboxylic acid groups (broad SMARTS) is 1. The summed E-state index contributed by atoms with van der Waals surface area (Å²) in [5.74, 6) is -1.13. The van der Waals surface area contributed by atoms with E-state index in [9.17, 15) is 9.59 Å². The van der Waals surface area contributed by atoms with E-state index in [0.29, 0.717) is 13.0 Å². The Hall–Kier alpha value is -1.69. The molecule has 0 aliphatic carbocycles. The van der Waals surface area contributed by atoms with E-state index in [2.05, 4.69) is 15.3 Å². The van der Waals surface area contributed by atoms with Crippen LogP contribution in [0.4, 0.5) is 0 Å². The van der Waals surface area contributed by atoms with Crippen LogP contribution in [0, 0.1) is 5.92 Å². The van der Waals surface area contributed by atoms with Crippen LogP contribution in [0.25, 0.3) is 0 Å². The van der Waals surface area contributed by atoms with Gasteiger partial charge in [-0.1, -0.05) is 18.5 Å². The molecule has 1 rings (SSSR count). The summed E-state index contributed by atoms with van der Waals surface area (Å²) in [4.78, 5) is 29.6. The molecule has 1 unspecified atom stereocenters. The van der Waals surface area contributed by atoms with Gasteiger partial charge in [-0.15, -0.1) is 0 Å². The van der Waals surface area contributed by atoms with Crippen LogP contribution < -0.4 is 5.32 Å². The molecule has 0 fully saturated rings. The second-order valence-electron chi connectivity index (χ2n) is 3.97. The normalized spacial score (nSPS) is 11.9. The lowest BCUT2D eigenvalue weighted by Crippen LogP contribution is -2.29. The molecule has 1 aromatic heterocycles. The number of rotatable bonds is 6. The Kier molecular flexibility index (Phi) is 5.51. The zero-order chi connectivity index (χ0) is 13.5. The maximum Gasteiger partial charge on any atom is 0.303 e. The molecule has 0 aromatic carbocycles. The number of amides is 1. The second kappa shape index (κ2) is 6.90. The molecule has 0 spiro atoms. The number of aromatic nitrogens is 2. The third kappa shape index (κ3) is 5.09. The second-order valence-corrected chi connectivity index (χ2v) is 4.36. The highest BCUT2D eigenvalue weighted by Gasteiger charge is 2.11. The summed E-state index contributed by atoms with van der Waals surface area (Å²) in [6.07, 6.45) is 3.27. The predicted molar refractivity (Wildman–Crippen MR) is 65.4 cm³/mol. The maximum atomic E-state index is 11.7. The van der Waals surface area contributed by atoms with Crippen molar-refractivity contribution in [2.24, 2.45) is 5.92 Å². The van der Waals surface area contributed by atoms with Crippen molar-refractivity contribution in [3.8, 4) is 0 Å². The van der Waals surface area contributed by atoms with E-state index in [1.54, 1.807) is 0 Å². The fraction of sp³-hybridized carbons (Fsp3) is 0.455. The monoisotopic (exact) mass is 271 g/mol. The van der Waals surface area contributed by atoms with Gasteiger partial charge in [0.05, 0.1) is 12.4 Å². The van der Waals surface area contributed by atoms with Gasteiger partial charge in [0.2, 0.25) is 0 Å². The molecule has 0 saturated heterocycles. The van der Waals surface area contributed by atoms with Crippen molar-refractivity contribution >= 4 is 23.5 Å². The number of nitrogens with zero attached hydrogens (tertiary/aromatic N) is 2. The van der Waals surface area contributed by atoms with Crippen LogP contribution in [0.5, 0.6) is 0 Å². The van der Waals surface area contributed by atoms with E-state index in [1.165, 1.54) is 12.4 Å². The summed E-state index contributed by atoms with van der Waals surface area (Å²) in [6.45, 7) is 2.26. The summed E-state index contributed by atoms with van der Waals surface area (Å²) < 4.78 is 0. The quantitative estimate of drug-likeness (QED) is 0.815. The van der Waals surface area contributed by atoms with Crippen molar-refractivity contribution in [1.82, 2.24) is 15.3 Å². The third-order valence-corrected chi connectivity index (χ3v) is 2.48. The summed E-state index contributed by atoms with van der Waals surface area (Å²) in [7, 11) is 0. The van der Waals surface area contributed by atoms with Crippen molar-refractivity contribution in [2.75, 3.05) is 6.54 Å². The van der Waals surface area contributed by atoms with Crippen molar-refractivity contribution in [3.63, 3.8) is 0 Å². The van der Waals surface area contributed by atoms with Crippen LogP contribution in [0.3, 0.4) is 0 Å². The first-order valence-corrected chi connectivity index (χ1v) is 5.84. The van der Waals surface area contributed by atoms with E-state index in [-0.39, 0.29) is 29.1 Å². The van der Waals surface area contributed by atoms with E-state index in [1.807, 2.05) is 6.92 Å². The highest BCUT2D eigenvalue weighted by Crippen LogP contribution is 2.05. The minimum atomic E-state index is -0.839. The molecule has 0 bridgehead atoms. The molecule has 1 heterocycles. The largest absolute Gasteiger partial charge is 0.481 e. The molecule has 98 valence electrons. The van der Waals surface area contributed by atoms with Gasteiger partial charge < -0.3 is 10.4 Å². The van der Waals surface area contributed by atoms with E-state index in [4.69, 9.17) is 16.7 Å². The van der Waals surface area contributed by atoms with Gasteiger partial charge in [-0.2, -0.15) is 0 Å². The number of nitrogens with one attached hydrogen (secondary N) is 1. The number of hydrogen-bond acceptors (Lipinski definition) is 4. The van der Waals surface area contributed by atoms with Crippen LogP contribution in [0.2, 0.25) is 5.15 Å². The molecule has 7 heteroatoms. The topological polar surface area (TPSA) is 92.2 Å². The average molecular weight is 272 g/mol. The number of carbonyl (C=O) groups is 2. The summed E-state index contributed by atoms with van der Waals surface area (Å²) in [5.41, 5.74) is 0.146. The zero-order valence-corrected chi connectivity index (χ0v) is 10.6. The maximum absolute atomic E-state index is 11.7. The highest BCUT2D eigenvalue weighted by atomic mass is 35.5. The lowest BCUT2D eigenvalue weighted by atomic mass is 10.1. The van der Waals surface area contributed by atoms with Crippen LogP contribution in [0.1, 0.15) is 30.3 Å². The molecule has 6 nitrogen and oxygen atoms in total. The molecule has 1 atom stereocenters. The Morgan fingerprint density at radius 1 is 1.50 bits per heavy atom. The van der Waals surface area contributed by atoms with Crippen LogP contribution >= 0.6 is 11.6 Å². The molecule has 0 saturated carbocycles. The lowest BCUT2D eigenvalue weighted by molar-refractivity contribution is -0.137. The molecular weight excluding hydrogens is 258 g/mol. The number of carbonyl (C=O) groups excluding carboxylic acids is 1. The van der Waals surface area contributed by atoms with E-state index in [0.717, 1.165) is 0 Å². The third-order valence-electron chi connectivity index (χ3n) is 2.30. The van der Waals surface area contributed by atoms with Crippen molar-refractivity contribution < 1.29 is 14.7 Å². The predicted octanol–water partition coefficient (Wildman–Crippen LogP) is 1.36. The van der Waals surface area contributed by atoms with Gasteiger partial charge in [0.15, 0.2) is 0 Å². The first-order chi connectivity index (χ1) is 8.49. The Morgan fingerprint density at radius 2 is 2.22 bits per heavy atom. The van der Waals surface area contributed by atoms with Crippen molar-refractivity contribution in [2.45, 2.75) is 19.8 Å². The first-order valence-electron chi connectivity index (χ1n) is 5.46. The van der Waals surface area contributed by atoms with Gasteiger partial charge in [-0.25, -0.2) is 4.98 Å². The first kappa shape index (κ1) is 14.4.